The Hall–Kier alpha value is -1.63. The fourth-order valence-electron chi connectivity index (χ4n) is 3.34. The Labute approximate surface area is 143 Å². The molecule has 24 heavy (non-hydrogen) atoms. The summed E-state index contributed by atoms with van der Waals surface area (Å²) >= 11 is 0. The summed E-state index contributed by atoms with van der Waals surface area (Å²) in [5.74, 6) is 1.08. The molecule has 2 fully saturated rings. The van der Waals surface area contributed by atoms with Crippen LogP contribution in [0.1, 0.15) is 11.6 Å². The molecule has 0 aliphatic carbocycles. The molecule has 2 saturated heterocycles. The SMILES string of the molecule is COc1ccc(C2CN(C(=O)CN3CCOCC3)CCN2C)cc1. The number of hydrogen-bond donors (Lipinski definition) is 0. The minimum atomic E-state index is 0.225. The standard InChI is InChI=1S/C18H27N3O3/c1-19-7-8-21(18(22)14-20-9-11-24-12-10-20)13-17(19)15-3-5-16(23-2)6-4-15/h3-6,17H,7-14H2,1-2H3. The van der Waals surface area contributed by atoms with Crippen LogP contribution >= 0.6 is 0 Å². The van der Waals surface area contributed by atoms with E-state index in [0.717, 1.165) is 51.7 Å². The summed E-state index contributed by atoms with van der Waals surface area (Å²) < 4.78 is 10.6. The molecular weight excluding hydrogens is 306 g/mol. The average molecular weight is 333 g/mol. The van der Waals surface area contributed by atoms with Crippen molar-refractivity contribution in [3.63, 3.8) is 0 Å². The van der Waals surface area contributed by atoms with Crippen molar-refractivity contribution in [2.75, 3.05) is 66.6 Å². The minimum Gasteiger partial charge on any atom is -0.497 e. The second kappa shape index (κ2) is 7.96. The topological polar surface area (TPSA) is 45.3 Å². The van der Waals surface area contributed by atoms with E-state index in [-0.39, 0.29) is 11.9 Å². The third kappa shape index (κ3) is 4.06. The van der Waals surface area contributed by atoms with Gasteiger partial charge in [-0.15, -0.1) is 0 Å². The first-order valence-corrected chi connectivity index (χ1v) is 8.59. The van der Waals surface area contributed by atoms with Gasteiger partial charge in [-0.2, -0.15) is 0 Å². The number of methoxy groups -OCH3 is 1. The molecule has 1 aromatic carbocycles. The third-order valence-electron chi connectivity index (χ3n) is 4.96. The van der Waals surface area contributed by atoms with Crippen molar-refractivity contribution in [3.05, 3.63) is 29.8 Å². The number of benzene rings is 1. The lowest BCUT2D eigenvalue weighted by Crippen LogP contribution is -2.52. The van der Waals surface area contributed by atoms with Crippen molar-refractivity contribution in [2.45, 2.75) is 6.04 Å². The van der Waals surface area contributed by atoms with Crippen molar-refractivity contribution in [2.24, 2.45) is 0 Å². The van der Waals surface area contributed by atoms with Gasteiger partial charge in [-0.1, -0.05) is 12.1 Å². The highest BCUT2D eigenvalue weighted by atomic mass is 16.5. The number of rotatable bonds is 4. The molecule has 2 aliphatic rings. The predicted molar refractivity (Wildman–Crippen MR) is 92.2 cm³/mol. The molecule has 1 unspecified atom stereocenters. The zero-order valence-corrected chi connectivity index (χ0v) is 14.6. The fraction of sp³-hybridized carbons (Fsp3) is 0.611. The number of carbonyl (C=O) groups excluding carboxylic acids is 1. The number of likely N-dealkylation sites (N-methyl/N-ethyl adjacent to an activating group) is 1. The van der Waals surface area contributed by atoms with E-state index >= 15 is 0 Å². The van der Waals surface area contributed by atoms with Gasteiger partial charge in [0, 0.05) is 32.7 Å². The highest BCUT2D eigenvalue weighted by molar-refractivity contribution is 5.78. The molecule has 0 saturated carbocycles. The van der Waals surface area contributed by atoms with Crippen molar-refractivity contribution in [1.29, 1.82) is 0 Å². The van der Waals surface area contributed by atoms with Crippen LogP contribution in [0, 0.1) is 0 Å². The molecule has 0 spiro atoms. The van der Waals surface area contributed by atoms with Crippen LogP contribution in [0.4, 0.5) is 0 Å². The highest BCUT2D eigenvalue weighted by Crippen LogP contribution is 2.25. The zero-order chi connectivity index (χ0) is 16.9. The van der Waals surface area contributed by atoms with Gasteiger partial charge in [-0.05, 0) is 24.7 Å². The van der Waals surface area contributed by atoms with E-state index in [4.69, 9.17) is 9.47 Å². The van der Waals surface area contributed by atoms with Crippen LogP contribution < -0.4 is 4.74 Å². The first-order chi connectivity index (χ1) is 11.7. The fourth-order valence-corrected chi connectivity index (χ4v) is 3.34. The van der Waals surface area contributed by atoms with Crippen LogP contribution in [-0.2, 0) is 9.53 Å². The maximum Gasteiger partial charge on any atom is 0.236 e. The van der Waals surface area contributed by atoms with E-state index in [1.165, 1.54) is 5.56 Å². The predicted octanol–water partition coefficient (Wildman–Crippen LogP) is 0.843. The summed E-state index contributed by atoms with van der Waals surface area (Å²) in [6, 6.07) is 8.39. The van der Waals surface area contributed by atoms with Crippen molar-refractivity contribution >= 4 is 5.91 Å². The van der Waals surface area contributed by atoms with Crippen LogP contribution in [0.15, 0.2) is 24.3 Å². The Balaban J connectivity index is 1.62. The number of piperazine rings is 1. The molecule has 0 bridgehead atoms. The van der Waals surface area contributed by atoms with Crippen LogP contribution in [0.2, 0.25) is 0 Å². The van der Waals surface area contributed by atoms with Gasteiger partial charge in [0.15, 0.2) is 0 Å². The number of carbonyl (C=O) groups is 1. The van der Waals surface area contributed by atoms with E-state index in [2.05, 4.69) is 29.0 Å². The summed E-state index contributed by atoms with van der Waals surface area (Å²) in [7, 11) is 3.80. The molecule has 6 nitrogen and oxygen atoms in total. The molecule has 3 rings (SSSR count). The summed E-state index contributed by atoms with van der Waals surface area (Å²) in [5, 5.41) is 0. The third-order valence-corrected chi connectivity index (χ3v) is 4.96. The molecule has 6 heteroatoms. The number of nitrogens with zero attached hydrogens (tertiary/aromatic N) is 3. The number of hydrogen-bond acceptors (Lipinski definition) is 5. The number of morpholine rings is 1. The molecule has 1 aromatic rings. The molecular formula is C18H27N3O3. The molecule has 0 N–H and O–H groups in total. The van der Waals surface area contributed by atoms with E-state index in [1.807, 2.05) is 17.0 Å². The normalized spacial score (nSPS) is 23.2. The Bertz CT molecular complexity index is 543. The molecule has 1 amide bonds. The van der Waals surface area contributed by atoms with Crippen molar-refractivity contribution in [1.82, 2.24) is 14.7 Å². The van der Waals surface area contributed by atoms with Crippen molar-refractivity contribution < 1.29 is 14.3 Å². The Morgan fingerprint density at radius 3 is 2.54 bits per heavy atom. The second-order valence-electron chi connectivity index (χ2n) is 6.50. The average Bonchev–Trinajstić information content (AvgIpc) is 2.63. The molecule has 0 aromatic heterocycles. The van der Waals surface area contributed by atoms with Gasteiger partial charge in [0.2, 0.25) is 5.91 Å². The van der Waals surface area contributed by atoms with Crippen LogP contribution in [0.25, 0.3) is 0 Å². The van der Waals surface area contributed by atoms with Gasteiger partial charge in [0.25, 0.3) is 0 Å². The lowest BCUT2D eigenvalue weighted by molar-refractivity contribution is -0.136. The number of ether oxygens (including phenoxy) is 2. The number of amides is 1. The van der Waals surface area contributed by atoms with Gasteiger partial charge in [0.05, 0.1) is 32.9 Å². The van der Waals surface area contributed by atoms with E-state index in [1.54, 1.807) is 7.11 Å². The summed E-state index contributed by atoms with van der Waals surface area (Å²) in [4.78, 5) is 19.2. The molecule has 0 radical (unpaired) electrons. The van der Waals surface area contributed by atoms with Gasteiger partial charge < -0.3 is 14.4 Å². The summed E-state index contributed by atoms with van der Waals surface area (Å²) in [6.07, 6.45) is 0. The molecule has 1 atom stereocenters. The van der Waals surface area contributed by atoms with Gasteiger partial charge in [-0.25, -0.2) is 0 Å². The van der Waals surface area contributed by atoms with Crippen LogP contribution in [0.3, 0.4) is 0 Å². The van der Waals surface area contributed by atoms with E-state index in [9.17, 15) is 4.79 Å². The molecule has 2 heterocycles. The van der Waals surface area contributed by atoms with E-state index in [0.29, 0.717) is 6.54 Å². The van der Waals surface area contributed by atoms with Gasteiger partial charge in [-0.3, -0.25) is 14.6 Å². The molecule has 132 valence electrons. The lowest BCUT2D eigenvalue weighted by atomic mass is 10.0. The zero-order valence-electron chi connectivity index (χ0n) is 14.6. The summed E-state index contributed by atoms with van der Waals surface area (Å²) in [5.41, 5.74) is 1.22. The van der Waals surface area contributed by atoms with Crippen LogP contribution in [-0.4, -0.2) is 87.2 Å². The second-order valence-corrected chi connectivity index (χ2v) is 6.50. The van der Waals surface area contributed by atoms with Crippen molar-refractivity contribution in [3.8, 4) is 5.75 Å². The lowest BCUT2D eigenvalue weighted by Gasteiger charge is -2.40. The Kier molecular flexibility index (Phi) is 5.71. The largest absolute Gasteiger partial charge is 0.497 e. The highest BCUT2D eigenvalue weighted by Gasteiger charge is 2.29. The quantitative estimate of drug-likeness (QED) is 0.817. The van der Waals surface area contributed by atoms with Crippen LogP contribution in [0.5, 0.6) is 5.75 Å². The van der Waals surface area contributed by atoms with Gasteiger partial charge >= 0.3 is 0 Å². The summed E-state index contributed by atoms with van der Waals surface area (Å²) in [6.45, 7) is 6.09. The smallest absolute Gasteiger partial charge is 0.236 e. The molecule has 2 aliphatic heterocycles. The maximum atomic E-state index is 12.7. The Morgan fingerprint density at radius 1 is 1.17 bits per heavy atom. The van der Waals surface area contributed by atoms with E-state index < -0.39 is 0 Å². The maximum absolute atomic E-state index is 12.7. The first kappa shape index (κ1) is 17.2. The minimum absolute atomic E-state index is 0.225. The first-order valence-electron chi connectivity index (χ1n) is 8.59. The van der Waals surface area contributed by atoms with Gasteiger partial charge in [0.1, 0.15) is 5.75 Å². The Morgan fingerprint density at radius 2 is 1.88 bits per heavy atom. The monoisotopic (exact) mass is 333 g/mol.